The minimum atomic E-state index is 0.224. The fraction of sp³-hybridized carbons (Fsp3) is 0.412. The number of phenolic OH excluding ortho intramolecular Hbond substituents is 1. The van der Waals surface area contributed by atoms with Gasteiger partial charge in [-0.1, -0.05) is 12.1 Å². The predicted octanol–water partition coefficient (Wildman–Crippen LogP) is 2.81. The highest BCUT2D eigenvalue weighted by molar-refractivity contribution is 5.26. The Morgan fingerprint density at radius 3 is 2.48 bits per heavy atom. The number of nitrogens with one attached hydrogen (secondary N) is 1. The second-order valence-corrected chi connectivity index (χ2v) is 5.67. The molecular formula is C17H24N2O2. The van der Waals surface area contributed by atoms with Gasteiger partial charge in [-0.2, -0.15) is 0 Å². The van der Waals surface area contributed by atoms with E-state index in [1.54, 1.807) is 18.4 Å². The summed E-state index contributed by atoms with van der Waals surface area (Å²) in [5, 5.41) is 12.9. The van der Waals surface area contributed by atoms with Gasteiger partial charge in [0.1, 0.15) is 11.5 Å². The lowest BCUT2D eigenvalue weighted by Crippen LogP contribution is -2.36. The minimum Gasteiger partial charge on any atom is -0.508 e. The number of nitrogens with zero attached hydrogens (tertiary/aromatic N) is 1. The van der Waals surface area contributed by atoms with Crippen LogP contribution in [0.25, 0.3) is 0 Å². The van der Waals surface area contributed by atoms with E-state index >= 15 is 0 Å². The largest absolute Gasteiger partial charge is 0.508 e. The van der Waals surface area contributed by atoms with Crippen LogP contribution in [-0.4, -0.2) is 36.7 Å². The Hall–Kier alpha value is -1.78. The fourth-order valence-electron chi connectivity index (χ4n) is 2.39. The average Bonchev–Trinajstić information content (AvgIpc) is 2.95. The van der Waals surface area contributed by atoms with Gasteiger partial charge >= 0.3 is 0 Å². The summed E-state index contributed by atoms with van der Waals surface area (Å²) in [4.78, 5) is 2.15. The molecule has 2 rings (SSSR count). The van der Waals surface area contributed by atoms with Crippen molar-refractivity contribution in [3.63, 3.8) is 0 Å². The van der Waals surface area contributed by atoms with Crippen LogP contribution in [-0.2, 0) is 6.42 Å². The van der Waals surface area contributed by atoms with E-state index in [0.29, 0.717) is 11.8 Å². The Morgan fingerprint density at radius 1 is 1.19 bits per heavy atom. The summed E-state index contributed by atoms with van der Waals surface area (Å²) in [7, 11) is 4.11. The molecule has 0 aliphatic heterocycles. The fourth-order valence-corrected chi connectivity index (χ4v) is 2.39. The number of hydrogen-bond acceptors (Lipinski definition) is 4. The molecule has 1 heterocycles. The normalized spacial score (nSPS) is 14.3. The quantitative estimate of drug-likeness (QED) is 0.822. The first kappa shape index (κ1) is 15.6. The van der Waals surface area contributed by atoms with Crippen molar-refractivity contribution < 1.29 is 9.52 Å². The molecule has 1 aromatic heterocycles. The first-order chi connectivity index (χ1) is 10.1. The van der Waals surface area contributed by atoms with Gasteiger partial charge in [0, 0.05) is 12.6 Å². The van der Waals surface area contributed by atoms with Crippen molar-refractivity contribution in [2.24, 2.45) is 0 Å². The molecule has 2 aromatic rings. The molecule has 0 saturated heterocycles. The Balaban J connectivity index is 1.87. The van der Waals surface area contributed by atoms with E-state index in [9.17, 15) is 5.11 Å². The molecule has 0 saturated carbocycles. The summed E-state index contributed by atoms with van der Waals surface area (Å²) in [5.41, 5.74) is 1.22. The van der Waals surface area contributed by atoms with Crippen LogP contribution in [0.15, 0.2) is 47.1 Å². The first-order valence-corrected chi connectivity index (χ1v) is 7.27. The molecule has 0 fully saturated rings. The van der Waals surface area contributed by atoms with Crippen LogP contribution in [0.3, 0.4) is 0 Å². The summed E-state index contributed by atoms with van der Waals surface area (Å²) < 4.78 is 5.51. The lowest BCUT2D eigenvalue weighted by atomic mass is 10.1. The second kappa shape index (κ2) is 7.29. The van der Waals surface area contributed by atoms with Crippen molar-refractivity contribution in [3.05, 3.63) is 54.0 Å². The average molecular weight is 288 g/mol. The maximum atomic E-state index is 9.30. The number of benzene rings is 1. The van der Waals surface area contributed by atoms with Gasteiger partial charge < -0.3 is 14.8 Å². The standard InChI is InChI=1S/C17H24N2O2/c1-13(11-14-6-8-15(20)9-7-14)18-12-16(19(2)3)17-5-4-10-21-17/h4-10,13,16,18,20H,11-12H2,1-3H3. The van der Waals surface area contributed by atoms with E-state index in [1.807, 2.05) is 24.3 Å². The molecule has 0 spiro atoms. The summed E-state index contributed by atoms with van der Waals surface area (Å²) >= 11 is 0. The van der Waals surface area contributed by atoms with Gasteiger partial charge in [-0.25, -0.2) is 0 Å². The maximum Gasteiger partial charge on any atom is 0.122 e. The Labute approximate surface area is 126 Å². The third kappa shape index (κ3) is 4.62. The molecule has 1 aromatic carbocycles. The molecule has 0 bridgehead atoms. The van der Waals surface area contributed by atoms with Gasteiger partial charge in [-0.15, -0.1) is 0 Å². The number of phenols is 1. The van der Waals surface area contributed by atoms with E-state index in [-0.39, 0.29) is 6.04 Å². The van der Waals surface area contributed by atoms with Crippen molar-refractivity contribution >= 4 is 0 Å². The zero-order chi connectivity index (χ0) is 15.2. The molecule has 21 heavy (non-hydrogen) atoms. The molecule has 2 atom stereocenters. The minimum absolute atomic E-state index is 0.224. The molecule has 114 valence electrons. The summed E-state index contributed by atoms with van der Waals surface area (Å²) in [6, 6.07) is 11.9. The molecule has 4 nitrogen and oxygen atoms in total. The van der Waals surface area contributed by atoms with Crippen molar-refractivity contribution in [2.45, 2.75) is 25.4 Å². The van der Waals surface area contributed by atoms with Crippen molar-refractivity contribution in [1.82, 2.24) is 10.2 Å². The Kier molecular flexibility index (Phi) is 5.42. The van der Waals surface area contributed by atoms with E-state index in [1.165, 1.54) is 5.56 Å². The Bertz CT molecular complexity index is 520. The SMILES string of the molecule is CC(Cc1ccc(O)cc1)NCC(c1ccco1)N(C)C. The van der Waals surface area contributed by atoms with E-state index in [4.69, 9.17) is 4.42 Å². The summed E-state index contributed by atoms with van der Waals surface area (Å²) in [6.07, 6.45) is 2.64. The number of rotatable bonds is 7. The maximum absolute atomic E-state index is 9.30. The number of hydrogen-bond donors (Lipinski definition) is 2. The van der Waals surface area contributed by atoms with E-state index in [2.05, 4.69) is 31.2 Å². The molecule has 0 aliphatic rings. The molecular weight excluding hydrogens is 264 g/mol. The number of likely N-dealkylation sites (N-methyl/N-ethyl adjacent to an activating group) is 1. The topological polar surface area (TPSA) is 48.6 Å². The molecule has 0 radical (unpaired) electrons. The molecule has 0 amide bonds. The van der Waals surface area contributed by atoms with Crippen LogP contribution >= 0.6 is 0 Å². The van der Waals surface area contributed by atoms with Crippen LogP contribution in [0.4, 0.5) is 0 Å². The zero-order valence-corrected chi connectivity index (χ0v) is 12.9. The highest BCUT2D eigenvalue weighted by atomic mass is 16.3. The summed E-state index contributed by atoms with van der Waals surface area (Å²) in [6.45, 7) is 3.00. The van der Waals surface area contributed by atoms with Crippen LogP contribution in [0, 0.1) is 0 Å². The van der Waals surface area contributed by atoms with Gasteiger partial charge in [-0.3, -0.25) is 4.90 Å². The first-order valence-electron chi connectivity index (χ1n) is 7.27. The van der Waals surface area contributed by atoms with Crippen molar-refractivity contribution in [3.8, 4) is 5.75 Å². The third-order valence-electron chi connectivity index (χ3n) is 3.63. The van der Waals surface area contributed by atoms with Gasteiger partial charge in [0.05, 0.1) is 12.3 Å². The van der Waals surface area contributed by atoms with Gasteiger partial charge in [0.2, 0.25) is 0 Å². The highest BCUT2D eigenvalue weighted by Crippen LogP contribution is 2.18. The van der Waals surface area contributed by atoms with Crippen LogP contribution in [0.5, 0.6) is 5.75 Å². The molecule has 2 unspecified atom stereocenters. The van der Waals surface area contributed by atoms with Crippen molar-refractivity contribution in [2.75, 3.05) is 20.6 Å². The predicted molar refractivity (Wildman–Crippen MR) is 84.4 cm³/mol. The van der Waals surface area contributed by atoms with Crippen LogP contribution in [0.1, 0.15) is 24.3 Å². The summed E-state index contributed by atoms with van der Waals surface area (Å²) in [5.74, 6) is 1.29. The smallest absolute Gasteiger partial charge is 0.122 e. The third-order valence-corrected chi connectivity index (χ3v) is 3.63. The number of furan rings is 1. The van der Waals surface area contributed by atoms with Crippen LogP contribution in [0.2, 0.25) is 0 Å². The van der Waals surface area contributed by atoms with Crippen molar-refractivity contribution in [1.29, 1.82) is 0 Å². The molecule has 2 N–H and O–H groups in total. The lowest BCUT2D eigenvalue weighted by Gasteiger charge is -2.25. The molecule has 0 aliphatic carbocycles. The van der Waals surface area contributed by atoms with E-state index in [0.717, 1.165) is 18.7 Å². The van der Waals surface area contributed by atoms with Gasteiger partial charge in [0.25, 0.3) is 0 Å². The van der Waals surface area contributed by atoms with Gasteiger partial charge in [0.15, 0.2) is 0 Å². The lowest BCUT2D eigenvalue weighted by molar-refractivity contribution is 0.245. The van der Waals surface area contributed by atoms with E-state index < -0.39 is 0 Å². The monoisotopic (exact) mass is 288 g/mol. The number of aromatic hydroxyl groups is 1. The Morgan fingerprint density at radius 2 is 1.90 bits per heavy atom. The highest BCUT2D eigenvalue weighted by Gasteiger charge is 2.17. The second-order valence-electron chi connectivity index (χ2n) is 5.67. The molecule has 4 heteroatoms. The van der Waals surface area contributed by atoms with Crippen LogP contribution < -0.4 is 5.32 Å². The zero-order valence-electron chi connectivity index (χ0n) is 12.9. The van der Waals surface area contributed by atoms with Gasteiger partial charge in [-0.05, 0) is 57.3 Å².